The second-order valence-corrected chi connectivity index (χ2v) is 11.3. The average molecular weight is 503 g/mol. The van der Waals surface area contributed by atoms with Gasteiger partial charge >= 0.3 is 0 Å². The van der Waals surface area contributed by atoms with Gasteiger partial charge in [0.25, 0.3) is 0 Å². The van der Waals surface area contributed by atoms with Crippen LogP contribution in [0.3, 0.4) is 0 Å². The lowest BCUT2D eigenvalue weighted by molar-refractivity contribution is 0.103. The van der Waals surface area contributed by atoms with Gasteiger partial charge < -0.3 is 0 Å². The first-order valence-electron chi connectivity index (χ1n) is 11.2. The van der Waals surface area contributed by atoms with Gasteiger partial charge in [-0.25, -0.2) is 4.21 Å². The smallest absolute Gasteiger partial charge is 0.193 e. The van der Waals surface area contributed by atoms with Crippen LogP contribution in [0.4, 0.5) is 0 Å². The third kappa shape index (κ3) is 5.90. The molecule has 4 aromatic carbocycles. The lowest BCUT2D eigenvalue weighted by atomic mass is 9.95. The molecule has 2 unspecified atom stereocenters. The molecule has 0 bridgehead atoms. The van der Waals surface area contributed by atoms with Crippen molar-refractivity contribution < 1.29 is 9.00 Å². The van der Waals surface area contributed by atoms with Gasteiger partial charge in [0.05, 0.1) is 10.8 Å². The summed E-state index contributed by atoms with van der Waals surface area (Å²) in [4.78, 5) is 17.3. The first-order valence-corrected chi connectivity index (χ1v) is 13.6. The van der Waals surface area contributed by atoms with Crippen molar-refractivity contribution in [3.8, 4) is 0 Å². The van der Waals surface area contributed by atoms with Crippen LogP contribution < -0.4 is 0 Å². The first kappa shape index (κ1) is 24.5. The number of carbonyl (C=O) groups excluding carboxylic acids is 1. The number of thiol groups is 1. The van der Waals surface area contributed by atoms with Crippen LogP contribution in [-0.2, 0) is 10.8 Å². The highest BCUT2D eigenvalue weighted by Gasteiger charge is 2.11. The average Bonchev–Trinajstić information content (AvgIpc) is 2.89. The molecular weight excluding hydrogens is 477 g/mol. The standard InChI is InChI=1S/C29H26O2S3/c1-3-20(2)21-4-6-22(7-5-21)29(30)23-8-12-25(13-9-23)33-26-14-18-28(19-15-26)34(31)27-16-10-24(32)11-17-27/h4-20,32H,3H2,1-2H3. The third-order valence-corrected chi connectivity index (χ3v) is 8.51. The van der Waals surface area contributed by atoms with E-state index in [-0.39, 0.29) is 5.78 Å². The predicted molar refractivity (Wildman–Crippen MR) is 144 cm³/mol. The molecule has 0 radical (unpaired) electrons. The molecule has 172 valence electrons. The Morgan fingerprint density at radius 1 is 0.765 bits per heavy atom. The normalized spacial score (nSPS) is 12.8. The summed E-state index contributed by atoms with van der Waals surface area (Å²) < 4.78 is 12.8. The molecule has 4 rings (SSSR count). The fraction of sp³-hybridized carbons (Fsp3) is 0.138. The molecule has 0 amide bonds. The van der Waals surface area contributed by atoms with E-state index in [1.165, 1.54) is 5.56 Å². The molecule has 4 aromatic rings. The van der Waals surface area contributed by atoms with Crippen LogP contribution in [0.25, 0.3) is 0 Å². The Labute approximate surface area is 213 Å². The van der Waals surface area contributed by atoms with E-state index >= 15 is 0 Å². The molecule has 0 heterocycles. The van der Waals surface area contributed by atoms with Crippen molar-refractivity contribution in [2.45, 2.75) is 50.7 Å². The Hall–Kier alpha value is -2.60. The van der Waals surface area contributed by atoms with Crippen molar-refractivity contribution in [1.29, 1.82) is 0 Å². The lowest BCUT2D eigenvalue weighted by Crippen LogP contribution is -2.01. The summed E-state index contributed by atoms with van der Waals surface area (Å²) in [6.45, 7) is 4.36. The summed E-state index contributed by atoms with van der Waals surface area (Å²) >= 11 is 5.89. The van der Waals surface area contributed by atoms with Gasteiger partial charge in [0.1, 0.15) is 0 Å². The summed E-state index contributed by atoms with van der Waals surface area (Å²) in [6, 6.07) is 30.7. The topological polar surface area (TPSA) is 34.1 Å². The van der Waals surface area contributed by atoms with E-state index in [0.717, 1.165) is 30.9 Å². The summed E-state index contributed by atoms with van der Waals surface area (Å²) in [5, 5.41) is 0. The van der Waals surface area contributed by atoms with E-state index in [0.29, 0.717) is 17.0 Å². The maximum absolute atomic E-state index is 12.9. The van der Waals surface area contributed by atoms with Crippen LogP contribution in [0.1, 0.15) is 47.7 Å². The number of rotatable bonds is 8. The van der Waals surface area contributed by atoms with E-state index in [4.69, 9.17) is 0 Å². The van der Waals surface area contributed by atoms with Gasteiger partial charge in [-0.15, -0.1) is 12.6 Å². The van der Waals surface area contributed by atoms with Crippen molar-refractivity contribution >= 4 is 41.0 Å². The Morgan fingerprint density at radius 2 is 1.21 bits per heavy atom. The van der Waals surface area contributed by atoms with Gasteiger partial charge in [0.15, 0.2) is 5.78 Å². The number of benzene rings is 4. The molecule has 0 aliphatic carbocycles. The van der Waals surface area contributed by atoms with E-state index in [1.54, 1.807) is 11.8 Å². The minimum absolute atomic E-state index is 0.0324. The zero-order valence-corrected chi connectivity index (χ0v) is 21.6. The molecule has 5 heteroatoms. The summed E-state index contributed by atoms with van der Waals surface area (Å²) in [6.07, 6.45) is 1.08. The fourth-order valence-electron chi connectivity index (χ4n) is 3.51. The Kier molecular flexibility index (Phi) is 8.09. The maximum Gasteiger partial charge on any atom is 0.193 e. The molecule has 0 spiro atoms. The Morgan fingerprint density at radius 3 is 1.71 bits per heavy atom. The molecule has 0 N–H and O–H groups in total. The minimum Gasteiger partial charge on any atom is -0.289 e. The minimum atomic E-state index is -1.22. The van der Waals surface area contributed by atoms with Crippen LogP contribution in [0, 0.1) is 0 Å². The van der Waals surface area contributed by atoms with Crippen molar-refractivity contribution in [1.82, 2.24) is 0 Å². The van der Waals surface area contributed by atoms with Gasteiger partial charge in [0.2, 0.25) is 0 Å². The molecule has 0 aliphatic heterocycles. The Balaban J connectivity index is 1.41. The van der Waals surface area contributed by atoms with Crippen molar-refractivity contribution in [3.63, 3.8) is 0 Å². The first-order chi connectivity index (χ1) is 16.4. The number of ketones is 1. The number of hydrogen-bond donors (Lipinski definition) is 1. The summed E-state index contributed by atoms with van der Waals surface area (Å²) in [5.41, 5.74) is 2.65. The van der Waals surface area contributed by atoms with Crippen LogP contribution in [0.15, 0.2) is 122 Å². The molecule has 0 aromatic heterocycles. The zero-order valence-electron chi connectivity index (χ0n) is 19.1. The molecule has 0 aliphatic rings. The van der Waals surface area contributed by atoms with E-state index in [1.807, 2.05) is 84.9 Å². The second-order valence-electron chi connectivity index (χ2n) is 8.12. The monoisotopic (exact) mass is 502 g/mol. The van der Waals surface area contributed by atoms with Gasteiger partial charge in [0, 0.05) is 35.6 Å². The molecular formula is C29H26O2S3. The van der Waals surface area contributed by atoms with Gasteiger partial charge in [-0.1, -0.05) is 49.9 Å². The van der Waals surface area contributed by atoms with Crippen LogP contribution in [0.2, 0.25) is 0 Å². The quantitative estimate of drug-likeness (QED) is 0.196. The summed E-state index contributed by atoms with van der Waals surface area (Å²) in [5.74, 6) is 0.527. The van der Waals surface area contributed by atoms with E-state index in [2.05, 4.69) is 38.6 Å². The highest BCUT2D eigenvalue weighted by molar-refractivity contribution is 7.99. The molecule has 34 heavy (non-hydrogen) atoms. The Bertz CT molecular complexity index is 1280. The highest BCUT2D eigenvalue weighted by atomic mass is 32.2. The highest BCUT2D eigenvalue weighted by Crippen LogP contribution is 2.30. The predicted octanol–water partition coefficient (Wildman–Crippen LogP) is 8.04. The largest absolute Gasteiger partial charge is 0.289 e. The van der Waals surface area contributed by atoms with Gasteiger partial charge in [-0.3, -0.25) is 4.79 Å². The summed E-state index contributed by atoms with van der Waals surface area (Å²) in [7, 11) is -1.22. The molecule has 0 saturated carbocycles. The molecule has 2 nitrogen and oxygen atoms in total. The number of carbonyl (C=O) groups is 1. The van der Waals surface area contributed by atoms with E-state index < -0.39 is 10.8 Å². The molecule has 2 atom stereocenters. The molecule has 0 saturated heterocycles. The van der Waals surface area contributed by atoms with Gasteiger partial charge in [-0.2, -0.15) is 0 Å². The third-order valence-electron chi connectivity index (χ3n) is 5.80. The van der Waals surface area contributed by atoms with Crippen LogP contribution >= 0.6 is 24.4 Å². The van der Waals surface area contributed by atoms with Crippen LogP contribution in [0.5, 0.6) is 0 Å². The molecule has 0 fully saturated rings. The van der Waals surface area contributed by atoms with Gasteiger partial charge in [-0.05, 0) is 90.7 Å². The fourth-order valence-corrected chi connectivity index (χ4v) is 5.52. The number of hydrogen-bond acceptors (Lipinski definition) is 4. The lowest BCUT2D eigenvalue weighted by Gasteiger charge is -2.09. The van der Waals surface area contributed by atoms with Crippen molar-refractivity contribution in [2.24, 2.45) is 0 Å². The maximum atomic E-state index is 12.9. The van der Waals surface area contributed by atoms with Crippen LogP contribution in [-0.4, -0.2) is 9.99 Å². The second kappa shape index (κ2) is 11.2. The van der Waals surface area contributed by atoms with E-state index in [9.17, 15) is 9.00 Å². The SMILES string of the molecule is CCC(C)c1ccc(C(=O)c2ccc(Sc3ccc(S(=O)c4ccc(S)cc4)cc3)cc2)cc1. The van der Waals surface area contributed by atoms with Crippen molar-refractivity contribution in [3.05, 3.63) is 114 Å². The van der Waals surface area contributed by atoms with Crippen molar-refractivity contribution in [2.75, 3.05) is 0 Å². The zero-order chi connectivity index (χ0) is 24.1.